The Labute approximate surface area is 117 Å². The number of carbonyl (C=O) groups excluding carboxylic acids is 1. The molecule has 104 valence electrons. The molecular weight excluding hydrogens is 256 g/mol. The fraction of sp³-hybridized carbons (Fsp3) is 0.200. The summed E-state index contributed by atoms with van der Waals surface area (Å²) in [6, 6.07) is 9.00. The van der Waals surface area contributed by atoms with Crippen molar-refractivity contribution in [2.45, 2.75) is 6.54 Å². The molecule has 5 nitrogen and oxygen atoms in total. The van der Waals surface area contributed by atoms with Gasteiger partial charge in [-0.2, -0.15) is 0 Å². The molecule has 0 unspecified atom stereocenters. The number of rotatable bonds is 4. The predicted octanol–water partition coefficient (Wildman–Crippen LogP) is 2.07. The highest BCUT2D eigenvalue weighted by molar-refractivity contribution is 5.96. The maximum absolute atomic E-state index is 12.3. The van der Waals surface area contributed by atoms with Gasteiger partial charge in [0.05, 0.1) is 18.9 Å². The van der Waals surface area contributed by atoms with E-state index in [1.165, 1.54) is 23.4 Å². The van der Waals surface area contributed by atoms with E-state index in [1.54, 1.807) is 14.2 Å². The minimum Gasteiger partial charge on any atom is -0.505 e. The molecular formula is C15H16N2O3. The van der Waals surface area contributed by atoms with Crippen molar-refractivity contribution in [1.29, 1.82) is 0 Å². The Balaban J connectivity index is 2.18. The molecule has 0 aliphatic heterocycles. The van der Waals surface area contributed by atoms with Crippen LogP contribution in [0.4, 0.5) is 0 Å². The molecule has 0 bridgehead atoms. The van der Waals surface area contributed by atoms with Crippen LogP contribution in [-0.4, -0.2) is 35.1 Å². The highest BCUT2D eigenvalue weighted by Gasteiger charge is 2.16. The Hall–Kier alpha value is -2.56. The van der Waals surface area contributed by atoms with Crippen LogP contribution >= 0.6 is 0 Å². The van der Waals surface area contributed by atoms with Gasteiger partial charge in [-0.1, -0.05) is 18.2 Å². The van der Waals surface area contributed by atoms with Crippen LogP contribution in [0.2, 0.25) is 0 Å². The summed E-state index contributed by atoms with van der Waals surface area (Å²) in [5.74, 6) is 0.339. The number of benzene rings is 1. The molecule has 0 atom stereocenters. The van der Waals surface area contributed by atoms with E-state index in [9.17, 15) is 9.90 Å². The van der Waals surface area contributed by atoms with Crippen molar-refractivity contribution in [2.75, 3.05) is 14.2 Å². The van der Waals surface area contributed by atoms with Crippen molar-refractivity contribution < 1.29 is 14.6 Å². The first kappa shape index (κ1) is 13.9. The zero-order chi connectivity index (χ0) is 14.5. The third kappa shape index (κ3) is 2.88. The first-order valence-corrected chi connectivity index (χ1v) is 6.14. The molecule has 0 spiro atoms. The van der Waals surface area contributed by atoms with Crippen LogP contribution in [-0.2, 0) is 6.54 Å². The fourth-order valence-corrected chi connectivity index (χ4v) is 1.93. The molecule has 0 saturated heterocycles. The van der Waals surface area contributed by atoms with E-state index in [4.69, 9.17) is 4.74 Å². The lowest BCUT2D eigenvalue weighted by Gasteiger charge is -2.19. The van der Waals surface area contributed by atoms with E-state index in [1.807, 2.05) is 24.3 Å². The lowest BCUT2D eigenvalue weighted by molar-refractivity contribution is 0.0781. The number of pyridine rings is 1. The Morgan fingerprint density at radius 3 is 2.80 bits per heavy atom. The second kappa shape index (κ2) is 6.06. The lowest BCUT2D eigenvalue weighted by Crippen LogP contribution is -2.26. The van der Waals surface area contributed by atoms with Crippen molar-refractivity contribution in [3.63, 3.8) is 0 Å². The zero-order valence-electron chi connectivity index (χ0n) is 11.4. The fourth-order valence-electron chi connectivity index (χ4n) is 1.93. The normalized spacial score (nSPS) is 10.1. The average Bonchev–Trinajstić information content (AvgIpc) is 2.47. The molecule has 20 heavy (non-hydrogen) atoms. The van der Waals surface area contributed by atoms with Gasteiger partial charge in [0, 0.05) is 25.4 Å². The standard InChI is InChI=1S/C15H16N2O3/c1-17(10-11-5-3-4-6-14(11)20-2)15(19)12-7-8-16-9-13(12)18/h3-9,18H,10H2,1-2H3. The summed E-state index contributed by atoms with van der Waals surface area (Å²) in [6.07, 6.45) is 2.73. The van der Waals surface area contributed by atoms with Gasteiger partial charge in [0.1, 0.15) is 11.5 Å². The highest BCUT2D eigenvalue weighted by atomic mass is 16.5. The first-order chi connectivity index (χ1) is 9.63. The van der Waals surface area contributed by atoms with Gasteiger partial charge in [-0.05, 0) is 12.1 Å². The molecule has 2 rings (SSSR count). The zero-order valence-corrected chi connectivity index (χ0v) is 11.4. The lowest BCUT2D eigenvalue weighted by atomic mass is 10.1. The van der Waals surface area contributed by atoms with Crippen LogP contribution in [0, 0.1) is 0 Å². The van der Waals surface area contributed by atoms with E-state index >= 15 is 0 Å². The van der Waals surface area contributed by atoms with Gasteiger partial charge in [0.25, 0.3) is 5.91 Å². The monoisotopic (exact) mass is 272 g/mol. The molecule has 0 aliphatic rings. The molecule has 0 saturated carbocycles. The van der Waals surface area contributed by atoms with Crippen LogP contribution in [0.1, 0.15) is 15.9 Å². The second-order valence-electron chi connectivity index (χ2n) is 4.37. The molecule has 1 aromatic heterocycles. The molecule has 0 aliphatic carbocycles. The summed E-state index contributed by atoms with van der Waals surface area (Å²) in [5.41, 5.74) is 1.14. The molecule has 2 aromatic rings. The van der Waals surface area contributed by atoms with Crippen molar-refractivity contribution in [3.05, 3.63) is 53.9 Å². The van der Waals surface area contributed by atoms with Gasteiger partial charge in [0.15, 0.2) is 0 Å². The van der Waals surface area contributed by atoms with Crippen LogP contribution in [0.3, 0.4) is 0 Å². The molecule has 5 heteroatoms. The van der Waals surface area contributed by atoms with E-state index in [0.717, 1.165) is 11.3 Å². The number of hydrogen-bond donors (Lipinski definition) is 1. The molecule has 1 N–H and O–H groups in total. The van der Waals surface area contributed by atoms with Crippen molar-refractivity contribution in [2.24, 2.45) is 0 Å². The average molecular weight is 272 g/mol. The number of carbonyl (C=O) groups is 1. The van der Waals surface area contributed by atoms with Gasteiger partial charge in [-0.25, -0.2) is 0 Å². The third-order valence-corrected chi connectivity index (χ3v) is 2.98. The smallest absolute Gasteiger partial charge is 0.257 e. The van der Waals surface area contributed by atoms with E-state index in [2.05, 4.69) is 4.98 Å². The minimum absolute atomic E-state index is 0.121. The summed E-state index contributed by atoms with van der Waals surface area (Å²) in [4.78, 5) is 17.5. The molecule has 0 fully saturated rings. The summed E-state index contributed by atoms with van der Waals surface area (Å²) < 4.78 is 5.26. The molecule has 1 aromatic carbocycles. The molecule has 0 radical (unpaired) electrons. The topological polar surface area (TPSA) is 62.7 Å². The van der Waals surface area contributed by atoms with Crippen LogP contribution < -0.4 is 4.74 Å². The van der Waals surface area contributed by atoms with E-state index < -0.39 is 0 Å². The van der Waals surface area contributed by atoms with E-state index in [-0.39, 0.29) is 17.2 Å². The second-order valence-corrected chi connectivity index (χ2v) is 4.37. The summed E-state index contributed by atoms with van der Waals surface area (Å²) in [5, 5.41) is 9.66. The number of hydrogen-bond acceptors (Lipinski definition) is 4. The molecule has 1 heterocycles. The van der Waals surface area contributed by atoms with Gasteiger partial charge in [-0.3, -0.25) is 9.78 Å². The predicted molar refractivity (Wildman–Crippen MR) is 74.7 cm³/mol. The van der Waals surface area contributed by atoms with Crippen LogP contribution in [0.5, 0.6) is 11.5 Å². The van der Waals surface area contributed by atoms with Crippen molar-refractivity contribution >= 4 is 5.91 Å². The number of methoxy groups -OCH3 is 1. The number of aromatic hydroxyl groups is 1. The van der Waals surface area contributed by atoms with Gasteiger partial charge in [0.2, 0.25) is 0 Å². The van der Waals surface area contributed by atoms with Gasteiger partial charge < -0.3 is 14.7 Å². The Morgan fingerprint density at radius 1 is 1.35 bits per heavy atom. The number of amides is 1. The largest absolute Gasteiger partial charge is 0.505 e. The quantitative estimate of drug-likeness (QED) is 0.925. The Bertz CT molecular complexity index is 614. The third-order valence-electron chi connectivity index (χ3n) is 2.98. The number of ether oxygens (including phenoxy) is 1. The highest BCUT2D eigenvalue weighted by Crippen LogP contribution is 2.21. The summed E-state index contributed by atoms with van der Waals surface area (Å²) in [7, 11) is 3.27. The maximum atomic E-state index is 12.3. The van der Waals surface area contributed by atoms with Gasteiger partial charge >= 0.3 is 0 Å². The first-order valence-electron chi connectivity index (χ1n) is 6.14. The Morgan fingerprint density at radius 2 is 2.10 bits per heavy atom. The molecule has 1 amide bonds. The van der Waals surface area contributed by atoms with Gasteiger partial charge in [-0.15, -0.1) is 0 Å². The summed E-state index contributed by atoms with van der Waals surface area (Å²) >= 11 is 0. The summed E-state index contributed by atoms with van der Waals surface area (Å²) in [6.45, 7) is 0.393. The minimum atomic E-state index is -0.268. The SMILES string of the molecule is COc1ccccc1CN(C)C(=O)c1ccncc1O. The number of para-hydroxylation sites is 1. The number of nitrogens with zero attached hydrogens (tertiary/aromatic N) is 2. The van der Waals surface area contributed by atoms with E-state index in [0.29, 0.717) is 6.54 Å². The Kier molecular flexibility index (Phi) is 4.20. The maximum Gasteiger partial charge on any atom is 0.257 e. The van der Waals surface area contributed by atoms with Crippen LogP contribution in [0.25, 0.3) is 0 Å². The van der Waals surface area contributed by atoms with Crippen molar-refractivity contribution in [3.8, 4) is 11.5 Å². The number of aromatic nitrogens is 1. The van der Waals surface area contributed by atoms with Crippen molar-refractivity contribution in [1.82, 2.24) is 9.88 Å². The van der Waals surface area contributed by atoms with Crippen LogP contribution in [0.15, 0.2) is 42.7 Å².